The summed E-state index contributed by atoms with van der Waals surface area (Å²) in [6, 6.07) is 11.5. The van der Waals surface area contributed by atoms with E-state index in [0.29, 0.717) is 16.9 Å². The van der Waals surface area contributed by atoms with Crippen molar-refractivity contribution in [2.75, 3.05) is 19.5 Å². The normalized spacial score (nSPS) is 17.2. The Kier molecular flexibility index (Phi) is 3.25. The van der Waals surface area contributed by atoms with Crippen LogP contribution < -0.4 is 10.1 Å². The van der Waals surface area contributed by atoms with Crippen molar-refractivity contribution < 1.29 is 13.9 Å². The Hall–Kier alpha value is -2.56. The molecule has 4 nitrogen and oxygen atoms in total. The van der Waals surface area contributed by atoms with E-state index < -0.39 is 6.17 Å². The van der Waals surface area contributed by atoms with Crippen LogP contribution in [-0.2, 0) is 0 Å². The van der Waals surface area contributed by atoms with Gasteiger partial charge >= 0.3 is 0 Å². The minimum Gasteiger partial charge on any atom is -0.496 e. The quantitative estimate of drug-likeness (QED) is 0.922. The summed E-state index contributed by atoms with van der Waals surface area (Å²) < 4.78 is 18.9. The molecule has 5 heteroatoms. The summed E-state index contributed by atoms with van der Waals surface area (Å²) in [5.74, 6) is 0.0564. The smallest absolute Gasteiger partial charge is 0.257 e. The Labute approximate surface area is 122 Å². The van der Waals surface area contributed by atoms with Gasteiger partial charge in [-0.3, -0.25) is 4.79 Å². The summed E-state index contributed by atoms with van der Waals surface area (Å²) in [7, 11) is 3.20. The van der Waals surface area contributed by atoms with E-state index >= 15 is 0 Å². The van der Waals surface area contributed by atoms with Gasteiger partial charge < -0.3 is 15.0 Å². The Morgan fingerprint density at radius 2 is 2.00 bits per heavy atom. The van der Waals surface area contributed by atoms with Crippen LogP contribution in [0.15, 0.2) is 42.5 Å². The predicted molar refractivity (Wildman–Crippen MR) is 77.9 cm³/mol. The van der Waals surface area contributed by atoms with Gasteiger partial charge in [0.2, 0.25) is 0 Å². The molecule has 0 fully saturated rings. The molecule has 2 aromatic rings. The molecule has 1 aliphatic rings. The second-order valence-electron chi connectivity index (χ2n) is 4.89. The number of fused-ring (bicyclic) bond motifs is 1. The van der Waals surface area contributed by atoms with Gasteiger partial charge in [0.1, 0.15) is 17.7 Å². The number of carbonyl (C=O) groups is 1. The van der Waals surface area contributed by atoms with Crippen molar-refractivity contribution in [2.45, 2.75) is 6.17 Å². The van der Waals surface area contributed by atoms with Crippen LogP contribution in [0.3, 0.4) is 0 Å². The molecule has 0 radical (unpaired) electrons. The summed E-state index contributed by atoms with van der Waals surface area (Å²) in [5, 5.41) is 3.25. The average molecular weight is 286 g/mol. The number of amides is 1. The minimum atomic E-state index is -0.474. The van der Waals surface area contributed by atoms with Crippen molar-refractivity contribution >= 4 is 11.6 Å². The lowest BCUT2D eigenvalue weighted by atomic mass is 10.0. The maximum Gasteiger partial charge on any atom is 0.257 e. The maximum absolute atomic E-state index is 13.6. The number of benzene rings is 2. The van der Waals surface area contributed by atoms with Crippen molar-refractivity contribution in [1.82, 2.24) is 4.90 Å². The summed E-state index contributed by atoms with van der Waals surface area (Å²) in [5.41, 5.74) is 1.92. The molecule has 21 heavy (non-hydrogen) atoms. The van der Waals surface area contributed by atoms with Gasteiger partial charge in [-0.15, -0.1) is 0 Å². The molecule has 2 aromatic carbocycles. The molecule has 0 saturated carbocycles. The molecule has 1 aliphatic heterocycles. The first-order valence-corrected chi connectivity index (χ1v) is 6.58. The molecule has 0 bridgehead atoms. The number of halogens is 1. The number of nitrogens with one attached hydrogen (secondary N) is 1. The van der Waals surface area contributed by atoms with E-state index in [1.807, 2.05) is 18.2 Å². The second-order valence-corrected chi connectivity index (χ2v) is 4.89. The third-order valence-electron chi connectivity index (χ3n) is 3.64. The van der Waals surface area contributed by atoms with Crippen LogP contribution in [0.5, 0.6) is 5.75 Å². The van der Waals surface area contributed by atoms with E-state index in [9.17, 15) is 9.18 Å². The highest BCUT2D eigenvalue weighted by Crippen LogP contribution is 2.35. The summed E-state index contributed by atoms with van der Waals surface area (Å²) in [6.45, 7) is 0. The number of methoxy groups -OCH3 is 1. The van der Waals surface area contributed by atoms with Crippen LogP contribution in [0.2, 0.25) is 0 Å². The molecular weight excluding hydrogens is 271 g/mol. The fourth-order valence-corrected chi connectivity index (χ4v) is 2.55. The summed E-state index contributed by atoms with van der Waals surface area (Å²) in [6.07, 6.45) is -0.474. The summed E-state index contributed by atoms with van der Waals surface area (Å²) >= 11 is 0. The Balaban J connectivity index is 2.08. The van der Waals surface area contributed by atoms with E-state index in [2.05, 4.69) is 5.32 Å². The van der Waals surface area contributed by atoms with E-state index in [-0.39, 0.29) is 11.7 Å². The number of hydrogen-bond acceptors (Lipinski definition) is 3. The van der Waals surface area contributed by atoms with E-state index in [1.165, 1.54) is 19.2 Å². The van der Waals surface area contributed by atoms with Crippen molar-refractivity contribution in [3.8, 4) is 5.75 Å². The molecule has 0 spiro atoms. The molecule has 0 aliphatic carbocycles. The van der Waals surface area contributed by atoms with Gasteiger partial charge in [0, 0.05) is 18.3 Å². The van der Waals surface area contributed by atoms with E-state index in [4.69, 9.17) is 4.74 Å². The monoisotopic (exact) mass is 286 g/mol. The molecule has 1 heterocycles. The molecule has 1 atom stereocenters. The molecular formula is C16H15FN2O2. The van der Waals surface area contributed by atoms with Crippen LogP contribution in [-0.4, -0.2) is 25.0 Å². The number of anilines is 1. The molecule has 1 N–H and O–H groups in total. The van der Waals surface area contributed by atoms with Gasteiger partial charge in [0.05, 0.1) is 12.7 Å². The molecule has 108 valence electrons. The highest BCUT2D eigenvalue weighted by atomic mass is 19.1. The van der Waals surface area contributed by atoms with Crippen molar-refractivity contribution in [2.24, 2.45) is 0 Å². The third-order valence-corrected chi connectivity index (χ3v) is 3.64. The lowest BCUT2D eigenvalue weighted by Crippen LogP contribution is -2.40. The number of ether oxygens (including phenoxy) is 1. The predicted octanol–water partition coefficient (Wildman–Crippen LogP) is 3.03. The van der Waals surface area contributed by atoms with Crippen LogP contribution >= 0.6 is 0 Å². The van der Waals surface area contributed by atoms with Crippen LogP contribution in [0, 0.1) is 5.82 Å². The Bertz CT molecular complexity index is 702. The zero-order valence-corrected chi connectivity index (χ0v) is 11.8. The number of rotatable bonds is 2. The van der Waals surface area contributed by atoms with Gasteiger partial charge in [0.25, 0.3) is 5.91 Å². The highest BCUT2D eigenvalue weighted by molar-refractivity contribution is 6.01. The van der Waals surface area contributed by atoms with Crippen LogP contribution in [0.25, 0.3) is 0 Å². The number of nitrogens with zero attached hydrogens (tertiary/aromatic N) is 1. The molecule has 0 saturated heterocycles. The zero-order chi connectivity index (χ0) is 15.0. The summed E-state index contributed by atoms with van der Waals surface area (Å²) in [4.78, 5) is 14.0. The first kappa shape index (κ1) is 13.4. The van der Waals surface area contributed by atoms with E-state index in [0.717, 1.165) is 5.69 Å². The number of carbonyl (C=O) groups excluding carboxylic acids is 1. The fourth-order valence-electron chi connectivity index (χ4n) is 2.55. The average Bonchev–Trinajstić information content (AvgIpc) is 2.51. The first-order chi connectivity index (χ1) is 10.1. The molecule has 1 amide bonds. The SMILES string of the molecule is COc1ccc(F)cc1C1Nc2ccccc2C(=O)N1C. The second kappa shape index (κ2) is 5.09. The Morgan fingerprint density at radius 1 is 1.24 bits per heavy atom. The van der Waals surface area contributed by atoms with Gasteiger partial charge in [-0.1, -0.05) is 12.1 Å². The first-order valence-electron chi connectivity index (χ1n) is 6.58. The minimum absolute atomic E-state index is 0.110. The largest absolute Gasteiger partial charge is 0.496 e. The zero-order valence-electron chi connectivity index (χ0n) is 11.8. The number of para-hydroxylation sites is 1. The lowest BCUT2D eigenvalue weighted by Gasteiger charge is -2.36. The lowest BCUT2D eigenvalue weighted by molar-refractivity contribution is 0.0733. The Morgan fingerprint density at radius 3 is 2.76 bits per heavy atom. The van der Waals surface area contributed by atoms with Crippen LogP contribution in [0.4, 0.5) is 10.1 Å². The van der Waals surface area contributed by atoms with Crippen LogP contribution in [0.1, 0.15) is 22.1 Å². The number of hydrogen-bond donors (Lipinski definition) is 1. The van der Waals surface area contributed by atoms with Gasteiger partial charge in [-0.2, -0.15) is 0 Å². The van der Waals surface area contributed by atoms with E-state index in [1.54, 1.807) is 24.1 Å². The van der Waals surface area contributed by atoms with Crippen molar-refractivity contribution in [3.05, 3.63) is 59.4 Å². The van der Waals surface area contributed by atoms with Gasteiger partial charge in [0.15, 0.2) is 0 Å². The van der Waals surface area contributed by atoms with Gasteiger partial charge in [-0.05, 0) is 30.3 Å². The molecule has 1 unspecified atom stereocenters. The van der Waals surface area contributed by atoms with Crippen molar-refractivity contribution in [3.63, 3.8) is 0 Å². The maximum atomic E-state index is 13.6. The highest BCUT2D eigenvalue weighted by Gasteiger charge is 2.31. The third kappa shape index (κ3) is 2.20. The fraction of sp³-hybridized carbons (Fsp3) is 0.188. The topological polar surface area (TPSA) is 41.6 Å². The molecule has 0 aromatic heterocycles. The van der Waals surface area contributed by atoms with Crippen molar-refractivity contribution in [1.29, 1.82) is 0 Å². The molecule has 3 rings (SSSR count). The standard InChI is InChI=1S/C16H15FN2O2/c1-19-15(12-9-10(17)7-8-14(12)21-2)18-13-6-4-3-5-11(13)16(19)20/h3-9,15,18H,1-2H3. The van der Waals surface area contributed by atoms with Gasteiger partial charge in [-0.25, -0.2) is 4.39 Å².